The zero-order chi connectivity index (χ0) is 13.5. The summed E-state index contributed by atoms with van der Waals surface area (Å²) < 4.78 is 0. The number of nitrogens with two attached hydrogens (primary N) is 1. The molecule has 2 aromatic rings. The molecule has 0 saturated heterocycles. The Morgan fingerprint density at radius 2 is 1.85 bits per heavy atom. The summed E-state index contributed by atoms with van der Waals surface area (Å²) in [6.45, 7) is 0.673. The highest BCUT2D eigenvalue weighted by molar-refractivity contribution is 7.07. The van der Waals surface area contributed by atoms with Crippen LogP contribution in [0.1, 0.15) is 17.5 Å². The molecule has 0 saturated carbocycles. The van der Waals surface area contributed by atoms with Crippen LogP contribution in [0, 0.1) is 0 Å². The molecule has 1 heterocycles. The first kappa shape index (κ1) is 16.5. The topological polar surface area (TPSA) is 55.1 Å². The standard InChI is InChI=1S/C15H18N2OS.ClH/c16-14-4-1-12(2-5-14)7-9-17-15(18)6-3-13-8-10-19-11-13;/h1-2,4-5,8,10-11H,3,6-7,9,16H2,(H,17,18);1H. The van der Waals surface area contributed by atoms with Crippen LogP contribution in [0.4, 0.5) is 5.69 Å². The summed E-state index contributed by atoms with van der Waals surface area (Å²) in [6.07, 6.45) is 2.21. The molecule has 0 unspecified atom stereocenters. The smallest absolute Gasteiger partial charge is 0.220 e. The summed E-state index contributed by atoms with van der Waals surface area (Å²) >= 11 is 1.67. The van der Waals surface area contributed by atoms with E-state index in [-0.39, 0.29) is 18.3 Å². The zero-order valence-corrected chi connectivity index (χ0v) is 12.8. The van der Waals surface area contributed by atoms with Gasteiger partial charge in [0.2, 0.25) is 5.91 Å². The maximum atomic E-state index is 11.7. The van der Waals surface area contributed by atoms with Gasteiger partial charge in [0.05, 0.1) is 0 Å². The number of halogens is 1. The van der Waals surface area contributed by atoms with Crippen molar-refractivity contribution in [2.75, 3.05) is 12.3 Å². The van der Waals surface area contributed by atoms with Crippen molar-refractivity contribution in [2.45, 2.75) is 19.3 Å². The van der Waals surface area contributed by atoms with Crippen LogP contribution in [0.25, 0.3) is 0 Å². The number of carbonyl (C=O) groups is 1. The largest absolute Gasteiger partial charge is 0.399 e. The molecule has 2 rings (SSSR count). The van der Waals surface area contributed by atoms with Crippen LogP contribution in [0.2, 0.25) is 0 Å². The van der Waals surface area contributed by atoms with Gasteiger partial charge in [-0.15, -0.1) is 12.4 Å². The first-order valence-corrected chi connectivity index (χ1v) is 7.30. The van der Waals surface area contributed by atoms with E-state index in [9.17, 15) is 4.79 Å². The van der Waals surface area contributed by atoms with E-state index < -0.39 is 0 Å². The maximum absolute atomic E-state index is 11.7. The van der Waals surface area contributed by atoms with Crippen LogP contribution in [-0.2, 0) is 17.6 Å². The SMILES string of the molecule is Cl.Nc1ccc(CCNC(=O)CCc2ccsc2)cc1. The number of amides is 1. The highest BCUT2D eigenvalue weighted by Gasteiger charge is 2.02. The van der Waals surface area contributed by atoms with Gasteiger partial charge in [-0.2, -0.15) is 11.3 Å². The third-order valence-electron chi connectivity index (χ3n) is 2.94. The van der Waals surface area contributed by atoms with E-state index in [2.05, 4.69) is 16.8 Å². The molecule has 0 aliphatic heterocycles. The Labute approximate surface area is 129 Å². The Morgan fingerprint density at radius 3 is 2.50 bits per heavy atom. The number of hydrogen-bond acceptors (Lipinski definition) is 3. The molecular formula is C15H19ClN2OS. The first-order chi connectivity index (χ1) is 9.24. The summed E-state index contributed by atoms with van der Waals surface area (Å²) in [4.78, 5) is 11.7. The van der Waals surface area contributed by atoms with Gasteiger partial charge in [-0.3, -0.25) is 4.79 Å². The van der Waals surface area contributed by atoms with Crippen LogP contribution in [0.3, 0.4) is 0 Å². The molecule has 0 bridgehead atoms. The Kier molecular flexibility index (Phi) is 7.12. The summed E-state index contributed by atoms with van der Waals surface area (Å²) in [6, 6.07) is 9.81. The fourth-order valence-electron chi connectivity index (χ4n) is 1.81. The van der Waals surface area contributed by atoms with Crippen molar-refractivity contribution in [1.82, 2.24) is 5.32 Å². The number of hydrogen-bond donors (Lipinski definition) is 2. The van der Waals surface area contributed by atoms with Crippen molar-refractivity contribution in [3.8, 4) is 0 Å². The molecule has 0 fully saturated rings. The molecule has 1 amide bonds. The molecule has 0 atom stereocenters. The van der Waals surface area contributed by atoms with Gasteiger partial charge in [-0.05, 0) is 52.9 Å². The summed E-state index contributed by atoms with van der Waals surface area (Å²) in [7, 11) is 0. The second-order valence-corrected chi connectivity index (χ2v) is 5.25. The number of aryl methyl sites for hydroxylation is 1. The summed E-state index contributed by atoms with van der Waals surface area (Å²) in [5, 5.41) is 7.06. The Morgan fingerprint density at radius 1 is 1.10 bits per heavy atom. The number of thiophene rings is 1. The van der Waals surface area contributed by atoms with E-state index >= 15 is 0 Å². The van der Waals surface area contributed by atoms with E-state index in [0.29, 0.717) is 13.0 Å². The van der Waals surface area contributed by atoms with E-state index in [1.54, 1.807) is 11.3 Å². The van der Waals surface area contributed by atoms with Crippen molar-refractivity contribution in [3.63, 3.8) is 0 Å². The van der Waals surface area contributed by atoms with Crippen LogP contribution in [-0.4, -0.2) is 12.5 Å². The summed E-state index contributed by atoms with van der Waals surface area (Å²) in [5.41, 5.74) is 8.81. The van der Waals surface area contributed by atoms with Gasteiger partial charge in [0.1, 0.15) is 0 Å². The average molecular weight is 311 g/mol. The fraction of sp³-hybridized carbons (Fsp3) is 0.267. The quantitative estimate of drug-likeness (QED) is 0.806. The second-order valence-electron chi connectivity index (χ2n) is 4.47. The lowest BCUT2D eigenvalue weighted by atomic mass is 10.1. The average Bonchev–Trinajstić information content (AvgIpc) is 2.92. The molecule has 3 N–H and O–H groups in total. The van der Waals surface area contributed by atoms with Crippen molar-refractivity contribution in [3.05, 3.63) is 52.2 Å². The van der Waals surface area contributed by atoms with Crippen LogP contribution in [0.15, 0.2) is 41.1 Å². The highest BCUT2D eigenvalue weighted by atomic mass is 35.5. The van der Waals surface area contributed by atoms with E-state index in [1.165, 1.54) is 11.1 Å². The molecular weight excluding hydrogens is 292 g/mol. The van der Waals surface area contributed by atoms with Crippen LogP contribution < -0.4 is 11.1 Å². The minimum atomic E-state index is 0. The third kappa shape index (κ3) is 5.63. The normalized spacial score (nSPS) is 9.80. The number of benzene rings is 1. The van der Waals surface area contributed by atoms with Crippen molar-refractivity contribution in [2.24, 2.45) is 0 Å². The lowest BCUT2D eigenvalue weighted by molar-refractivity contribution is -0.121. The number of nitrogen functional groups attached to an aromatic ring is 1. The Balaban J connectivity index is 0.00000200. The third-order valence-corrected chi connectivity index (χ3v) is 3.67. The molecule has 3 nitrogen and oxygen atoms in total. The van der Waals surface area contributed by atoms with Crippen LogP contribution >= 0.6 is 23.7 Å². The second kappa shape index (κ2) is 8.61. The molecule has 1 aromatic carbocycles. The number of carbonyl (C=O) groups excluding carboxylic acids is 1. The molecule has 0 aliphatic carbocycles. The Hall–Kier alpha value is -1.52. The first-order valence-electron chi connectivity index (χ1n) is 6.36. The zero-order valence-electron chi connectivity index (χ0n) is 11.2. The van der Waals surface area contributed by atoms with Gasteiger partial charge in [0, 0.05) is 18.7 Å². The van der Waals surface area contributed by atoms with E-state index in [0.717, 1.165) is 18.5 Å². The van der Waals surface area contributed by atoms with Crippen molar-refractivity contribution < 1.29 is 4.79 Å². The van der Waals surface area contributed by atoms with Gasteiger partial charge in [-0.25, -0.2) is 0 Å². The monoisotopic (exact) mass is 310 g/mol. The van der Waals surface area contributed by atoms with Gasteiger partial charge < -0.3 is 11.1 Å². The lowest BCUT2D eigenvalue weighted by Gasteiger charge is -2.05. The van der Waals surface area contributed by atoms with Crippen molar-refractivity contribution in [1.29, 1.82) is 0 Å². The highest BCUT2D eigenvalue weighted by Crippen LogP contribution is 2.08. The minimum absolute atomic E-state index is 0. The minimum Gasteiger partial charge on any atom is -0.399 e. The maximum Gasteiger partial charge on any atom is 0.220 e. The van der Waals surface area contributed by atoms with E-state index in [1.807, 2.05) is 29.6 Å². The van der Waals surface area contributed by atoms with Crippen LogP contribution in [0.5, 0.6) is 0 Å². The van der Waals surface area contributed by atoms with Gasteiger partial charge in [0.25, 0.3) is 0 Å². The predicted molar refractivity (Wildman–Crippen MR) is 87.5 cm³/mol. The molecule has 1 aromatic heterocycles. The van der Waals surface area contributed by atoms with Gasteiger partial charge in [0.15, 0.2) is 0 Å². The molecule has 0 aliphatic rings. The molecule has 0 radical (unpaired) electrons. The summed E-state index contributed by atoms with van der Waals surface area (Å²) in [5.74, 6) is 0.113. The lowest BCUT2D eigenvalue weighted by Crippen LogP contribution is -2.25. The fourth-order valence-corrected chi connectivity index (χ4v) is 2.51. The molecule has 108 valence electrons. The Bertz CT molecular complexity index is 511. The van der Waals surface area contributed by atoms with Crippen molar-refractivity contribution >= 4 is 35.3 Å². The number of nitrogens with one attached hydrogen (secondary N) is 1. The van der Waals surface area contributed by atoms with Gasteiger partial charge >= 0.3 is 0 Å². The number of anilines is 1. The van der Waals surface area contributed by atoms with E-state index in [4.69, 9.17) is 5.73 Å². The molecule has 0 spiro atoms. The number of rotatable bonds is 6. The predicted octanol–water partition coefficient (Wildman–Crippen LogP) is 3.04. The molecule has 20 heavy (non-hydrogen) atoms. The van der Waals surface area contributed by atoms with Gasteiger partial charge in [-0.1, -0.05) is 12.1 Å². The molecule has 5 heteroatoms.